The van der Waals surface area contributed by atoms with Crippen molar-refractivity contribution in [3.63, 3.8) is 0 Å². The van der Waals surface area contributed by atoms with E-state index < -0.39 is 4.92 Å². The van der Waals surface area contributed by atoms with Gasteiger partial charge in [0.2, 0.25) is 0 Å². The third kappa shape index (κ3) is 3.07. The van der Waals surface area contributed by atoms with E-state index in [9.17, 15) is 14.9 Å². The summed E-state index contributed by atoms with van der Waals surface area (Å²) in [5.74, 6) is 0.267. The smallest absolute Gasteiger partial charge is 0.305 e. The van der Waals surface area contributed by atoms with Crippen molar-refractivity contribution in [3.05, 3.63) is 33.9 Å². The molecule has 0 atom stereocenters. The summed E-state index contributed by atoms with van der Waals surface area (Å²) < 4.78 is 0. The first-order valence-electron chi connectivity index (χ1n) is 6.81. The summed E-state index contributed by atoms with van der Waals surface area (Å²) in [6, 6.07) is 4.81. The van der Waals surface area contributed by atoms with Crippen LogP contribution in [0.3, 0.4) is 0 Å². The Morgan fingerprint density at radius 1 is 1.50 bits per heavy atom. The highest BCUT2D eigenvalue weighted by atomic mass is 16.6. The molecule has 6 heteroatoms. The van der Waals surface area contributed by atoms with Gasteiger partial charge in [-0.1, -0.05) is 6.07 Å². The second-order valence-electron chi connectivity index (χ2n) is 5.12. The topological polar surface area (TPSA) is 75.5 Å². The number of nitro benzene ring substituents is 1. The van der Waals surface area contributed by atoms with Gasteiger partial charge in [0, 0.05) is 20.1 Å². The molecule has 0 saturated heterocycles. The molecule has 2 rings (SSSR count). The molecule has 1 saturated carbocycles. The lowest BCUT2D eigenvalue weighted by Gasteiger charge is -2.17. The number of amides is 1. The van der Waals surface area contributed by atoms with Gasteiger partial charge in [-0.2, -0.15) is 0 Å². The molecule has 1 aromatic carbocycles. The normalized spacial score (nSPS) is 13.9. The molecule has 1 aliphatic carbocycles. The number of anilines is 1. The molecule has 108 valence electrons. The molecule has 0 radical (unpaired) electrons. The first-order valence-corrected chi connectivity index (χ1v) is 6.81. The molecular formula is C14H19N3O3. The van der Waals surface area contributed by atoms with E-state index in [1.165, 1.54) is 6.07 Å². The van der Waals surface area contributed by atoms with Crippen molar-refractivity contribution in [1.82, 2.24) is 4.90 Å². The van der Waals surface area contributed by atoms with E-state index in [0.717, 1.165) is 12.8 Å². The Balaban J connectivity index is 2.31. The fourth-order valence-electron chi connectivity index (χ4n) is 2.22. The summed E-state index contributed by atoms with van der Waals surface area (Å²) in [4.78, 5) is 24.7. The average Bonchev–Trinajstić information content (AvgIpc) is 3.21. The lowest BCUT2D eigenvalue weighted by Crippen LogP contribution is -2.29. The fourth-order valence-corrected chi connectivity index (χ4v) is 2.22. The maximum absolute atomic E-state index is 12.4. The molecule has 0 aliphatic heterocycles. The minimum absolute atomic E-state index is 0.137. The Hall–Kier alpha value is -2.11. The van der Waals surface area contributed by atoms with Gasteiger partial charge in [0.1, 0.15) is 11.3 Å². The Morgan fingerprint density at radius 3 is 2.75 bits per heavy atom. The predicted molar refractivity (Wildman–Crippen MR) is 76.9 cm³/mol. The average molecular weight is 277 g/mol. The number of carbonyl (C=O) groups is 1. The van der Waals surface area contributed by atoms with Crippen LogP contribution in [0.25, 0.3) is 0 Å². The van der Waals surface area contributed by atoms with Gasteiger partial charge in [-0.15, -0.1) is 0 Å². The molecule has 0 unspecified atom stereocenters. The second-order valence-corrected chi connectivity index (χ2v) is 5.12. The van der Waals surface area contributed by atoms with E-state index in [0.29, 0.717) is 24.7 Å². The third-order valence-electron chi connectivity index (χ3n) is 3.39. The Labute approximate surface area is 117 Å². The first-order chi connectivity index (χ1) is 9.54. The SMILES string of the molecule is CCNc1cccc(C(=O)N(C)CC2CC2)c1[N+](=O)[O-]. The summed E-state index contributed by atoms with van der Waals surface area (Å²) >= 11 is 0. The van der Waals surface area contributed by atoms with Crippen molar-refractivity contribution < 1.29 is 9.72 Å². The number of rotatable bonds is 6. The molecule has 1 amide bonds. The van der Waals surface area contributed by atoms with Crippen LogP contribution in [-0.4, -0.2) is 35.9 Å². The van der Waals surface area contributed by atoms with E-state index >= 15 is 0 Å². The highest BCUT2D eigenvalue weighted by Gasteiger charge is 2.29. The summed E-state index contributed by atoms with van der Waals surface area (Å²) in [5, 5.41) is 14.2. The zero-order valence-corrected chi connectivity index (χ0v) is 11.8. The van der Waals surface area contributed by atoms with Gasteiger partial charge in [0.25, 0.3) is 5.91 Å². The molecule has 1 fully saturated rings. The van der Waals surface area contributed by atoms with Gasteiger partial charge >= 0.3 is 5.69 Å². The summed E-state index contributed by atoms with van der Waals surface area (Å²) in [6.07, 6.45) is 2.27. The fraction of sp³-hybridized carbons (Fsp3) is 0.500. The molecule has 0 spiro atoms. The molecule has 1 aromatic rings. The number of nitrogens with zero attached hydrogens (tertiary/aromatic N) is 2. The van der Waals surface area contributed by atoms with E-state index in [1.807, 2.05) is 6.92 Å². The first kappa shape index (κ1) is 14.3. The largest absolute Gasteiger partial charge is 0.380 e. The molecule has 0 bridgehead atoms. The van der Waals surface area contributed by atoms with Gasteiger partial charge in [0.05, 0.1) is 4.92 Å². The van der Waals surface area contributed by atoms with E-state index in [-0.39, 0.29) is 17.2 Å². The number of hydrogen-bond acceptors (Lipinski definition) is 4. The Morgan fingerprint density at radius 2 is 2.20 bits per heavy atom. The Bertz CT molecular complexity index is 526. The number of hydrogen-bond donors (Lipinski definition) is 1. The van der Waals surface area contributed by atoms with Gasteiger partial charge < -0.3 is 10.2 Å². The van der Waals surface area contributed by atoms with Crippen molar-refractivity contribution in [2.45, 2.75) is 19.8 Å². The minimum Gasteiger partial charge on any atom is -0.380 e. The van der Waals surface area contributed by atoms with E-state index in [4.69, 9.17) is 0 Å². The van der Waals surface area contributed by atoms with Crippen LogP contribution in [0.2, 0.25) is 0 Å². The number of nitrogens with one attached hydrogen (secondary N) is 1. The van der Waals surface area contributed by atoms with Crippen LogP contribution in [0.15, 0.2) is 18.2 Å². The van der Waals surface area contributed by atoms with E-state index in [2.05, 4.69) is 5.32 Å². The molecule has 6 nitrogen and oxygen atoms in total. The quantitative estimate of drug-likeness (QED) is 0.640. The number of carbonyl (C=O) groups excluding carboxylic acids is 1. The van der Waals surface area contributed by atoms with Crippen molar-refractivity contribution in [2.24, 2.45) is 5.92 Å². The van der Waals surface area contributed by atoms with Crippen LogP contribution in [0.5, 0.6) is 0 Å². The lowest BCUT2D eigenvalue weighted by atomic mass is 10.1. The zero-order valence-electron chi connectivity index (χ0n) is 11.8. The predicted octanol–water partition coefficient (Wildman–Crippen LogP) is 2.51. The lowest BCUT2D eigenvalue weighted by molar-refractivity contribution is -0.384. The Kier molecular flexibility index (Phi) is 4.22. The molecule has 20 heavy (non-hydrogen) atoms. The summed E-state index contributed by atoms with van der Waals surface area (Å²) in [6.45, 7) is 3.09. The highest BCUT2D eigenvalue weighted by molar-refractivity contribution is 6.00. The second kappa shape index (κ2) is 5.90. The van der Waals surface area contributed by atoms with Crippen molar-refractivity contribution in [1.29, 1.82) is 0 Å². The van der Waals surface area contributed by atoms with Crippen LogP contribution in [-0.2, 0) is 0 Å². The highest BCUT2D eigenvalue weighted by Crippen LogP contribution is 2.32. The monoisotopic (exact) mass is 277 g/mol. The van der Waals surface area contributed by atoms with Crippen molar-refractivity contribution >= 4 is 17.3 Å². The van der Waals surface area contributed by atoms with Gasteiger partial charge in [-0.25, -0.2) is 0 Å². The number of nitro groups is 1. The minimum atomic E-state index is -0.490. The molecule has 0 aromatic heterocycles. The van der Waals surface area contributed by atoms with Gasteiger partial charge in [-0.3, -0.25) is 14.9 Å². The molecule has 1 N–H and O–H groups in total. The standard InChI is InChI=1S/C14H19N3O3/c1-3-15-12-6-4-5-11(13(12)17(19)20)14(18)16(2)9-10-7-8-10/h4-6,10,15H,3,7-9H2,1-2H3. The summed E-state index contributed by atoms with van der Waals surface area (Å²) in [7, 11) is 1.70. The van der Waals surface area contributed by atoms with Crippen LogP contribution < -0.4 is 5.32 Å². The van der Waals surface area contributed by atoms with Gasteiger partial charge in [0.15, 0.2) is 0 Å². The maximum Gasteiger partial charge on any atom is 0.305 e. The van der Waals surface area contributed by atoms with Crippen molar-refractivity contribution in [3.8, 4) is 0 Å². The summed E-state index contributed by atoms with van der Waals surface area (Å²) in [5.41, 5.74) is 0.404. The van der Waals surface area contributed by atoms with Crippen LogP contribution in [0.4, 0.5) is 11.4 Å². The molecular weight excluding hydrogens is 258 g/mol. The maximum atomic E-state index is 12.4. The zero-order chi connectivity index (χ0) is 14.7. The molecule has 0 heterocycles. The van der Waals surface area contributed by atoms with Crippen LogP contribution in [0.1, 0.15) is 30.1 Å². The van der Waals surface area contributed by atoms with Gasteiger partial charge in [-0.05, 0) is 37.8 Å². The van der Waals surface area contributed by atoms with Crippen LogP contribution in [0, 0.1) is 16.0 Å². The van der Waals surface area contributed by atoms with E-state index in [1.54, 1.807) is 24.1 Å². The number of benzene rings is 1. The number of para-hydroxylation sites is 1. The van der Waals surface area contributed by atoms with Crippen molar-refractivity contribution in [2.75, 3.05) is 25.5 Å². The third-order valence-corrected chi connectivity index (χ3v) is 3.39. The molecule has 1 aliphatic rings. The van der Waals surface area contributed by atoms with Crippen LogP contribution >= 0.6 is 0 Å².